The minimum Gasteiger partial charge on any atom is -0.356 e. The molecule has 9 heteroatoms. The fourth-order valence-corrected chi connectivity index (χ4v) is 1.88. The molecule has 5 nitrogen and oxygen atoms in total. The van der Waals surface area contributed by atoms with Gasteiger partial charge in [0.1, 0.15) is 5.82 Å². The SMILES string of the molecule is CN=C(NCCC(=O)N(C)C)NCc1ccc(F)cc1C(F)(F)F. The number of carbonyl (C=O) groups is 1. The molecule has 24 heavy (non-hydrogen) atoms. The number of nitrogens with zero attached hydrogens (tertiary/aromatic N) is 2. The summed E-state index contributed by atoms with van der Waals surface area (Å²) >= 11 is 0. The van der Waals surface area contributed by atoms with Gasteiger partial charge in [-0.15, -0.1) is 0 Å². The average Bonchev–Trinajstić information content (AvgIpc) is 2.50. The van der Waals surface area contributed by atoms with E-state index in [0.717, 1.165) is 12.1 Å². The molecule has 0 atom stereocenters. The summed E-state index contributed by atoms with van der Waals surface area (Å²) in [7, 11) is 4.71. The van der Waals surface area contributed by atoms with Crippen LogP contribution in [-0.4, -0.2) is 44.5 Å². The highest BCUT2D eigenvalue weighted by molar-refractivity contribution is 5.81. The first-order valence-corrected chi connectivity index (χ1v) is 7.15. The van der Waals surface area contributed by atoms with E-state index < -0.39 is 17.6 Å². The number of aliphatic imine (C=N–C) groups is 1. The highest BCUT2D eigenvalue weighted by atomic mass is 19.4. The number of rotatable bonds is 5. The second kappa shape index (κ2) is 8.51. The molecule has 0 bridgehead atoms. The third kappa shape index (κ3) is 6.05. The van der Waals surface area contributed by atoms with Crippen molar-refractivity contribution >= 4 is 11.9 Å². The molecule has 1 amide bonds. The van der Waals surface area contributed by atoms with Gasteiger partial charge in [-0.05, 0) is 17.7 Å². The van der Waals surface area contributed by atoms with Gasteiger partial charge in [-0.2, -0.15) is 13.2 Å². The van der Waals surface area contributed by atoms with Crippen molar-refractivity contribution in [1.29, 1.82) is 0 Å². The Labute approximate surface area is 137 Å². The summed E-state index contributed by atoms with van der Waals surface area (Å²) in [5, 5.41) is 5.54. The molecular formula is C15H20F4N4O. The molecule has 1 aromatic rings. The van der Waals surface area contributed by atoms with E-state index in [-0.39, 0.29) is 36.9 Å². The second-order valence-corrected chi connectivity index (χ2v) is 5.19. The highest BCUT2D eigenvalue weighted by Crippen LogP contribution is 2.32. The van der Waals surface area contributed by atoms with Crippen molar-refractivity contribution in [2.75, 3.05) is 27.7 Å². The Morgan fingerprint density at radius 2 is 1.92 bits per heavy atom. The van der Waals surface area contributed by atoms with Gasteiger partial charge in [-0.3, -0.25) is 9.79 Å². The molecule has 2 N–H and O–H groups in total. The van der Waals surface area contributed by atoms with Crippen LogP contribution >= 0.6 is 0 Å². The fourth-order valence-electron chi connectivity index (χ4n) is 1.88. The van der Waals surface area contributed by atoms with E-state index in [1.807, 2.05) is 0 Å². The van der Waals surface area contributed by atoms with E-state index in [2.05, 4.69) is 15.6 Å². The Hall–Kier alpha value is -2.32. The van der Waals surface area contributed by atoms with Crippen LogP contribution in [0, 0.1) is 5.82 Å². The van der Waals surface area contributed by atoms with Gasteiger partial charge < -0.3 is 15.5 Å². The first-order chi connectivity index (χ1) is 11.1. The third-order valence-electron chi connectivity index (χ3n) is 3.18. The summed E-state index contributed by atoms with van der Waals surface area (Å²) in [5.74, 6) is -0.786. The molecule has 0 aliphatic carbocycles. The van der Waals surface area contributed by atoms with Gasteiger partial charge in [0.05, 0.1) is 5.56 Å². The van der Waals surface area contributed by atoms with Crippen LogP contribution < -0.4 is 10.6 Å². The predicted octanol–water partition coefficient (Wildman–Crippen LogP) is 1.99. The maximum absolute atomic E-state index is 13.1. The molecule has 0 saturated heterocycles. The minimum absolute atomic E-state index is 0.0872. The number of amides is 1. The summed E-state index contributed by atoms with van der Waals surface area (Å²) in [5.41, 5.74) is -1.13. The number of hydrogen-bond donors (Lipinski definition) is 2. The minimum atomic E-state index is -4.64. The predicted molar refractivity (Wildman–Crippen MR) is 82.9 cm³/mol. The van der Waals surface area contributed by atoms with Crippen LogP contribution in [0.1, 0.15) is 17.5 Å². The quantitative estimate of drug-likeness (QED) is 0.486. The molecule has 1 aromatic carbocycles. The lowest BCUT2D eigenvalue weighted by Gasteiger charge is -2.16. The number of hydrogen-bond acceptors (Lipinski definition) is 2. The van der Waals surface area contributed by atoms with E-state index in [9.17, 15) is 22.4 Å². The van der Waals surface area contributed by atoms with Crippen molar-refractivity contribution in [3.8, 4) is 0 Å². The lowest BCUT2D eigenvalue weighted by atomic mass is 10.1. The molecule has 0 radical (unpaired) electrons. The van der Waals surface area contributed by atoms with Crippen molar-refractivity contribution in [3.05, 3.63) is 35.1 Å². The van der Waals surface area contributed by atoms with E-state index >= 15 is 0 Å². The maximum Gasteiger partial charge on any atom is 0.416 e. The molecule has 0 saturated carbocycles. The number of nitrogens with one attached hydrogen (secondary N) is 2. The number of alkyl halides is 3. The van der Waals surface area contributed by atoms with Gasteiger partial charge in [-0.1, -0.05) is 6.07 Å². The molecule has 0 heterocycles. The molecular weight excluding hydrogens is 328 g/mol. The van der Waals surface area contributed by atoms with Gasteiger partial charge in [0.15, 0.2) is 5.96 Å². The average molecular weight is 348 g/mol. The van der Waals surface area contributed by atoms with E-state index in [1.165, 1.54) is 11.9 Å². The van der Waals surface area contributed by atoms with Crippen LogP contribution in [0.3, 0.4) is 0 Å². The van der Waals surface area contributed by atoms with Crippen LogP contribution in [-0.2, 0) is 17.5 Å². The third-order valence-corrected chi connectivity index (χ3v) is 3.18. The molecule has 0 aliphatic rings. The van der Waals surface area contributed by atoms with Crippen LogP contribution in [0.2, 0.25) is 0 Å². The van der Waals surface area contributed by atoms with Gasteiger partial charge >= 0.3 is 6.18 Å². The molecule has 0 fully saturated rings. The van der Waals surface area contributed by atoms with Gasteiger partial charge in [0.25, 0.3) is 0 Å². The standard InChI is InChI=1S/C15H20F4N4O/c1-20-14(21-7-6-13(24)23(2)3)22-9-10-4-5-11(16)8-12(10)15(17,18)19/h4-5,8H,6-7,9H2,1-3H3,(H2,20,21,22). The van der Waals surface area contributed by atoms with Gasteiger partial charge in [0.2, 0.25) is 5.91 Å². The van der Waals surface area contributed by atoms with Crippen molar-refractivity contribution < 1.29 is 22.4 Å². The zero-order valence-corrected chi connectivity index (χ0v) is 13.7. The molecule has 0 unspecified atom stereocenters. The Morgan fingerprint density at radius 3 is 2.46 bits per heavy atom. The van der Waals surface area contributed by atoms with Crippen LogP contribution in [0.25, 0.3) is 0 Å². The summed E-state index contributed by atoms with van der Waals surface area (Å²) in [6.07, 6.45) is -4.42. The van der Waals surface area contributed by atoms with Crippen LogP contribution in [0.4, 0.5) is 17.6 Å². The number of halogens is 4. The topological polar surface area (TPSA) is 56.7 Å². The van der Waals surface area contributed by atoms with Gasteiger partial charge in [0, 0.05) is 40.7 Å². The first-order valence-electron chi connectivity index (χ1n) is 7.15. The summed E-state index contributed by atoms with van der Waals surface area (Å²) in [4.78, 5) is 16.7. The Balaban J connectivity index is 2.66. The second-order valence-electron chi connectivity index (χ2n) is 5.19. The molecule has 0 aromatic heterocycles. The summed E-state index contributed by atoms with van der Waals surface area (Å²) in [6, 6.07) is 2.51. The highest BCUT2D eigenvalue weighted by Gasteiger charge is 2.33. The monoisotopic (exact) mass is 348 g/mol. The zero-order valence-electron chi connectivity index (χ0n) is 13.7. The summed E-state index contributed by atoms with van der Waals surface area (Å²) < 4.78 is 51.8. The number of guanidine groups is 1. The zero-order chi connectivity index (χ0) is 18.3. The molecule has 1 rings (SSSR count). The van der Waals surface area contributed by atoms with Crippen LogP contribution in [0.5, 0.6) is 0 Å². The van der Waals surface area contributed by atoms with Crippen molar-refractivity contribution in [2.24, 2.45) is 4.99 Å². The fraction of sp³-hybridized carbons (Fsp3) is 0.467. The lowest BCUT2D eigenvalue weighted by molar-refractivity contribution is -0.138. The summed E-state index contributed by atoms with van der Waals surface area (Å²) in [6.45, 7) is 0.0999. The number of carbonyl (C=O) groups excluding carboxylic acids is 1. The van der Waals surface area contributed by atoms with Crippen molar-refractivity contribution in [2.45, 2.75) is 19.1 Å². The maximum atomic E-state index is 13.1. The smallest absolute Gasteiger partial charge is 0.356 e. The lowest BCUT2D eigenvalue weighted by Crippen LogP contribution is -2.39. The van der Waals surface area contributed by atoms with Crippen molar-refractivity contribution in [1.82, 2.24) is 15.5 Å². The number of benzene rings is 1. The molecule has 134 valence electrons. The van der Waals surface area contributed by atoms with E-state index in [0.29, 0.717) is 6.07 Å². The van der Waals surface area contributed by atoms with Crippen LogP contribution in [0.15, 0.2) is 23.2 Å². The largest absolute Gasteiger partial charge is 0.416 e. The van der Waals surface area contributed by atoms with Crippen molar-refractivity contribution in [3.63, 3.8) is 0 Å². The van der Waals surface area contributed by atoms with E-state index in [4.69, 9.17) is 0 Å². The Bertz CT molecular complexity index is 600. The first kappa shape index (κ1) is 19.7. The normalized spacial score (nSPS) is 12.0. The molecule has 0 aliphatic heterocycles. The molecule has 0 spiro atoms. The van der Waals surface area contributed by atoms with E-state index in [1.54, 1.807) is 14.1 Å². The Kier molecular flexibility index (Phi) is 6.99. The van der Waals surface area contributed by atoms with Gasteiger partial charge in [-0.25, -0.2) is 4.39 Å². The Morgan fingerprint density at radius 1 is 1.25 bits per heavy atom.